The van der Waals surface area contributed by atoms with Gasteiger partial charge in [-0.05, 0) is 0 Å². The van der Waals surface area contributed by atoms with E-state index in [1.54, 1.807) is 0 Å². The SMILES string of the molecule is O.O.O.O.O.O.[Al+3].[Al+3].[Al+3].[Ca+2].[K+].[O-2].[O-2].[O-2].[O-2].[O-2].[O-2].[O-2].[O-2].[O-2].[O-2].[O-2].[O-2].[O-2].[O-2].[O-2].[O-2].[Si+4].[Si+4].[Si+4].[Si+4].[Si+4]. The van der Waals surface area contributed by atoms with E-state index in [0.717, 1.165) is 0 Å². The number of hydrogen-bond donors (Lipinski definition) is 0. The van der Waals surface area contributed by atoms with Gasteiger partial charge in [0, 0.05) is 0 Å². The van der Waals surface area contributed by atoms with Crippen LogP contribution in [-0.4, -0.2) is 178 Å². The third-order valence-electron chi connectivity index (χ3n) is 0. The van der Waals surface area contributed by atoms with Crippen LogP contribution >= 0.6 is 0 Å². The monoisotopic (exact) mass is 664 g/mol. The first-order valence-corrected chi connectivity index (χ1v) is 0. The summed E-state index contributed by atoms with van der Waals surface area (Å²) in [7, 11) is 0. The quantitative estimate of drug-likeness (QED) is 0.218. The van der Waals surface area contributed by atoms with Gasteiger partial charge in [0.1, 0.15) is 0 Å². The maximum atomic E-state index is 0. The summed E-state index contributed by atoms with van der Waals surface area (Å²) in [6.07, 6.45) is 0. The maximum Gasteiger partial charge on any atom is 4.00 e. The first-order valence-electron chi connectivity index (χ1n) is 0. The van der Waals surface area contributed by atoms with Crippen LogP contribution in [0.1, 0.15) is 0 Å². The van der Waals surface area contributed by atoms with Crippen molar-refractivity contribution in [2.75, 3.05) is 0 Å². The molecule has 0 saturated carbocycles. The van der Waals surface area contributed by atoms with E-state index in [2.05, 4.69) is 0 Å². The fourth-order valence-electron chi connectivity index (χ4n) is 0. The molecule has 32 heavy (non-hydrogen) atoms. The van der Waals surface area contributed by atoms with Crippen molar-refractivity contribution >= 4 is 145 Å². The summed E-state index contributed by atoms with van der Waals surface area (Å²) in [5, 5.41) is 0. The van der Waals surface area contributed by atoms with Crippen molar-refractivity contribution in [2.45, 2.75) is 0 Å². The van der Waals surface area contributed by atoms with Crippen LogP contribution in [0.5, 0.6) is 0 Å². The molecule has 22 nitrogen and oxygen atoms in total. The van der Waals surface area contributed by atoms with Crippen LogP contribution in [0.15, 0.2) is 0 Å². The van der Waals surface area contributed by atoms with Gasteiger partial charge in [0.2, 0.25) is 0 Å². The molecular weight excluding hydrogens is 653 g/mol. The molecule has 0 aromatic rings. The molecule has 0 amide bonds. The average Bonchev–Trinajstić information content (AvgIpc) is 0. The Morgan fingerprint density at radius 1 is 0.188 bits per heavy atom. The second-order valence-corrected chi connectivity index (χ2v) is 0. The van der Waals surface area contributed by atoms with Gasteiger partial charge in [-0.2, -0.15) is 0 Å². The molecule has 12 N–H and O–H groups in total. The van der Waals surface area contributed by atoms with Gasteiger partial charge in [-0.15, -0.1) is 0 Å². The molecule has 176 valence electrons. The Bertz CT molecular complexity index is 45.5. The zero-order valence-electron chi connectivity index (χ0n) is 15.5. The second-order valence-electron chi connectivity index (χ2n) is 0. The molecule has 0 unspecified atom stereocenters. The predicted octanol–water partition coefficient (Wildman–Crippen LogP) is -13.3. The molecule has 0 bridgehead atoms. The van der Waals surface area contributed by atoms with Crippen LogP contribution < -0.4 is 51.4 Å². The van der Waals surface area contributed by atoms with E-state index >= 15 is 0 Å². The van der Waals surface area contributed by atoms with E-state index in [1.807, 2.05) is 0 Å². The first kappa shape index (κ1) is 2120. The van der Waals surface area contributed by atoms with Crippen molar-refractivity contribution in [3.8, 4) is 0 Å². The normalized spacial score (nSPS) is 0. The summed E-state index contributed by atoms with van der Waals surface area (Å²) in [6, 6.07) is 0. The van der Waals surface area contributed by atoms with Crippen molar-refractivity contribution in [1.82, 2.24) is 0 Å². The van der Waals surface area contributed by atoms with E-state index in [9.17, 15) is 0 Å². The van der Waals surface area contributed by atoms with Crippen LogP contribution in [0, 0.1) is 0 Å². The van der Waals surface area contributed by atoms with E-state index in [4.69, 9.17) is 0 Å². The van der Waals surface area contributed by atoms with Crippen LogP contribution in [0.2, 0.25) is 0 Å². The van der Waals surface area contributed by atoms with Gasteiger partial charge < -0.3 is 120 Å². The van der Waals surface area contributed by atoms with Gasteiger partial charge in [-0.25, -0.2) is 0 Å². The summed E-state index contributed by atoms with van der Waals surface area (Å²) < 4.78 is 0. The van der Waals surface area contributed by atoms with Gasteiger partial charge in [-0.1, -0.05) is 0 Å². The van der Waals surface area contributed by atoms with Gasteiger partial charge in [0.05, 0.1) is 0 Å². The average molecular weight is 665 g/mol. The largest absolute Gasteiger partial charge is 4.00 e. The fourth-order valence-corrected chi connectivity index (χ4v) is 0. The topological polar surface area (TPSA) is 645 Å². The van der Waals surface area contributed by atoms with Crippen LogP contribution in [0.4, 0.5) is 0 Å². The van der Waals surface area contributed by atoms with Crippen LogP contribution in [0.3, 0.4) is 0 Å². The number of hydrogen-bond acceptors (Lipinski definition) is 0. The molecule has 0 rings (SSSR count). The van der Waals surface area contributed by atoms with E-state index in [-0.39, 0.29) is 317 Å². The summed E-state index contributed by atoms with van der Waals surface area (Å²) in [4.78, 5) is 0. The molecule has 0 aromatic carbocycles. The molecule has 0 radical (unpaired) electrons. The molecule has 0 atom stereocenters. The summed E-state index contributed by atoms with van der Waals surface area (Å²) >= 11 is 0. The molecule has 0 fully saturated rings. The second kappa shape index (κ2) is 1950. The summed E-state index contributed by atoms with van der Waals surface area (Å²) in [6.45, 7) is 0. The fraction of sp³-hybridized carbons (Fsp3) is 0. The van der Waals surface area contributed by atoms with Gasteiger partial charge in [0.25, 0.3) is 0 Å². The van der Waals surface area contributed by atoms with Gasteiger partial charge in [0.15, 0.2) is 0 Å². The Hall–Kier alpha value is 4.70. The third kappa shape index (κ3) is 1790. The minimum Gasteiger partial charge on any atom is -2.00 e. The van der Waals surface area contributed by atoms with E-state index < -0.39 is 0 Å². The van der Waals surface area contributed by atoms with E-state index in [0.29, 0.717) is 0 Å². The molecule has 32 heteroatoms. The smallest absolute Gasteiger partial charge is 2.00 e. The van der Waals surface area contributed by atoms with Crippen molar-refractivity contribution in [3.63, 3.8) is 0 Å². The Kier molecular flexibility index (Phi) is 129000. The van der Waals surface area contributed by atoms with Crippen molar-refractivity contribution < 1.29 is 172 Å². The molecule has 0 aliphatic rings. The van der Waals surface area contributed by atoms with Crippen LogP contribution in [-0.2, 0) is 87.6 Å². The molecule has 0 spiro atoms. The molecule has 0 aliphatic carbocycles. The Labute approximate surface area is 311 Å². The van der Waals surface area contributed by atoms with Gasteiger partial charge >= 0.3 is 196 Å². The Balaban J connectivity index is 0. The molecule has 0 saturated heterocycles. The summed E-state index contributed by atoms with van der Waals surface area (Å²) in [5.41, 5.74) is 0. The van der Waals surface area contributed by atoms with Crippen molar-refractivity contribution in [2.24, 2.45) is 0 Å². The van der Waals surface area contributed by atoms with Crippen LogP contribution in [0.25, 0.3) is 0 Å². The number of rotatable bonds is 0. The standard InChI is InChI=1S/3Al.Ca.K.6H2O.16O.5Si/h;;;;;6*1H2;;;;;;;;;;;;;;;;;;;;;/q3*+3;+2;+1;;;;;;;16*-2;5*+4. The maximum absolute atomic E-state index is 0. The van der Waals surface area contributed by atoms with Crippen molar-refractivity contribution in [3.05, 3.63) is 0 Å². The first-order chi connectivity index (χ1) is 0. The minimum atomic E-state index is 0. The zero-order chi connectivity index (χ0) is 0. The predicted molar refractivity (Wildman–Crippen MR) is 84.5 cm³/mol. The minimum absolute atomic E-state index is 0. The third-order valence-corrected chi connectivity index (χ3v) is 0. The molecule has 0 heterocycles. The zero-order valence-corrected chi connectivity index (χ0v) is 29.3. The van der Waals surface area contributed by atoms with Gasteiger partial charge in [-0.3, -0.25) is 0 Å². The Morgan fingerprint density at radius 3 is 0.188 bits per heavy atom. The van der Waals surface area contributed by atoms with E-state index in [1.165, 1.54) is 0 Å². The molecule has 0 aliphatic heterocycles. The van der Waals surface area contributed by atoms with Crippen molar-refractivity contribution in [1.29, 1.82) is 0 Å². The Morgan fingerprint density at radius 2 is 0.188 bits per heavy atom. The molecular formula is H12Al3CaKO22Si5. The summed E-state index contributed by atoms with van der Waals surface area (Å²) in [5.74, 6) is 0. The molecule has 0 aromatic heterocycles.